The lowest BCUT2D eigenvalue weighted by Crippen LogP contribution is -2.81. The predicted molar refractivity (Wildman–Crippen MR) is 213 cm³/mol. The van der Waals surface area contributed by atoms with Gasteiger partial charge in [0.2, 0.25) is 14.1 Å². The van der Waals surface area contributed by atoms with Crippen molar-refractivity contribution in [2.24, 2.45) is 22.7 Å². The van der Waals surface area contributed by atoms with Gasteiger partial charge in [-0.25, -0.2) is 4.79 Å². The lowest BCUT2D eigenvalue weighted by Gasteiger charge is -2.68. The van der Waals surface area contributed by atoms with E-state index in [-0.39, 0.29) is 35.8 Å². The summed E-state index contributed by atoms with van der Waals surface area (Å²) in [4.78, 5) is 43.9. The van der Waals surface area contributed by atoms with Gasteiger partial charge in [0, 0.05) is 31.1 Å². The molecule has 6 rings (SSSR count). The van der Waals surface area contributed by atoms with Crippen LogP contribution < -0.4 is 5.19 Å². The zero-order chi connectivity index (χ0) is 40.7. The van der Waals surface area contributed by atoms with E-state index in [1.165, 1.54) is 6.92 Å². The second-order valence-corrected chi connectivity index (χ2v) is 27.6. The molecule has 2 aromatic rings. The van der Waals surface area contributed by atoms with Crippen LogP contribution in [-0.4, -0.2) is 86.8 Å². The Bertz CT molecular complexity index is 1850. The van der Waals surface area contributed by atoms with Gasteiger partial charge in [-0.05, 0) is 61.0 Å². The third-order valence-electron chi connectivity index (χ3n) is 14.0. The van der Waals surface area contributed by atoms with Gasteiger partial charge < -0.3 is 33.3 Å². The molecule has 2 bridgehead atoms. The van der Waals surface area contributed by atoms with Crippen molar-refractivity contribution in [2.45, 2.75) is 135 Å². The average molecular weight is 793 g/mol. The zero-order valence-corrected chi connectivity index (χ0v) is 36.5. The third-order valence-corrected chi connectivity index (χ3v) is 20.9. The maximum atomic E-state index is 16.3. The molecule has 4 aliphatic rings. The first-order valence-corrected chi connectivity index (χ1v) is 25.4. The molecule has 2 unspecified atom stereocenters. The van der Waals surface area contributed by atoms with Crippen molar-refractivity contribution in [3.63, 3.8) is 0 Å². The van der Waals surface area contributed by atoms with Crippen molar-refractivity contribution >= 4 is 39.5 Å². The van der Waals surface area contributed by atoms with Crippen LogP contribution in [0.4, 0.5) is 0 Å². The van der Waals surface area contributed by atoms with Crippen molar-refractivity contribution in [1.29, 1.82) is 0 Å². The van der Waals surface area contributed by atoms with Crippen molar-refractivity contribution in [1.82, 2.24) is 0 Å². The molecule has 55 heavy (non-hydrogen) atoms. The Morgan fingerprint density at radius 1 is 0.945 bits per heavy atom. The van der Waals surface area contributed by atoms with Crippen LogP contribution in [0.2, 0.25) is 31.2 Å². The second-order valence-electron chi connectivity index (χ2n) is 19.1. The highest BCUT2D eigenvalue weighted by atomic mass is 28.4. The highest BCUT2D eigenvalue weighted by molar-refractivity contribution is 6.84. The quantitative estimate of drug-likeness (QED) is 0.227. The van der Waals surface area contributed by atoms with E-state index in [1.807, 2.05) is 51.1 Å². The number of fused-ring (bicyclic) bond motifs is 5. The summed E-state index contributed by atoms with van der Waals surface area (Å²) in [5.41, 5.74) is -5.72. The highest BCUT2D eigenvalue weighted by Crippen LogP contribution is 2.65. The molecule has 2 N–H and O–H groups in total. The molecule has 1 aliphatic heterocycles. The van der Waals surface area contributed by atoms with Gasteiger partial charge in [-0.3, -0.25) is 9.59 Å². The zero-order valence-electron chi connectivity index (χ0n) is 34.5. The molecule has 9 atom stereocenters. The summed E-state index contributed by atoms with van der Waals surface area (Å²) in [5, 5.41) is 26.3. The minimum Gasteiger partial charge on any atom is -0.541 e. The van der Waals surface area contributed by atoms with E-state index in [1.54, 1.807) is 37.3 Å². The van der Waals surface area contributed by atoms with E-state index in [4.69, 9.17) is 23.1 Å². The number of allylic oxidation sites excluding steroid dienone is 1. The Morgan fingerprint density at radius 2 is 1.53 bits per heavy atom. The fourth-order valence-corrected chi connectivity index (χ4v) is 12.8. The summed E-state index contributed by atoms with van der Waals surface area (Å²) in [5.74, 6) is -3.43. The molecule has 300 valence electrons. The van der Waals surface area contributed by atoms with Gasteiger partial charge in [-0.2, -0.15) is 0 Å². The van der Waals surface area contributed by atoms with E-state index in [0.717, 1.165) is 5.19 Å². The number of rotatable bonds is 8. The third kappa shape index (κ3) is 6.48. The van der Waals surface area contributed by atoms with Gasteiger partial charge in [0.25, 0.3) is 8.32 Å². The summed E-state index contributed by atoms with van der Waals surface area (Å²) >= 11 is 0. The molecule has 10 nitrogen and oxygen atoms in total. The number of aliphatic hydroxyl groups is 2. The number of ether oxygens (including phenoxy) is 3. The van der Waals surface area contributed by atoms with Crippen molar-refractivity contribution in [3.05, 3.63) is 77.6 Å². The molecule has 3 aliphatic carbocycles. The van der Waals surface area contributed by atoms with Crippen LogP contribution in [0.3, 0.4) is 0 Å². The van der Waals surface area contributed by atoms with Gasteiger partial charge in [0.05, 0.1) is 35.7 Å². The molecule has 0 amide bonds. The van der Waals surface area contributed by atoms with Gasteiger partial charge in [-0.15, -0.1) is 0 Å². The van der Waals surface area contributed by atoms with Gasteiger partial charge in [-0.1, -0.05) is 90.1 Å². The molecule has 3 fully saturated rings. The first-order chi connectivity index (χ1) is 25.3. The van der Waals surface area contributed by atoms with E-state index in [0.29, 0.717) is 5.57 Å². The van der Waals surface area contributed by atoms with Crippen LogP contribution in [0.25, 0.3) is 0 Å². The van der Waals surface area contributed by atoms with Crippen LogP contribution in [0.15, 0.2) is 72.0 Å². The van der Waals surface area contributed by atoms with E-state index < -0.39 is 92.6 Å². The summed E-state index contributed by atoms with van der Waals surface area (Å²) < 4.78 is 33.7. The second kappa shape index (κ2) is 13.8. The van der Waals surface area contributed by atoms with Crippen molar-refractivity contribution in [2.75, 3.05) is 6.61 Å². The van der Waals surface area contributed by atoms with Crippen molar-refractivity contribution < 1.29 is 47.7 Å². The van der Waals surface area contributed by atoms with Crippen LogP contribution in [0.1, 0.15) is 78.6 Å². The maximum absolute atomic E-state index is 16.3. The average Bonchev–Trinajstić information content (AvgIpc) is 3.09. The van der Waals surface area contributed by atoms with E-state index in [9.17, 15) is 19.8 Å². The molecule has 0 radical (unpaired) electrons. The number of carbonyl (C=O) groups is 3. The number of hydrogen-bond acceptors (Lipinski definition) is 10. The van der Waals surface area contributed by atoms with Crippen molar-refractivity contribution in [3.8, 4) is 0 Å². The largest absolute Gasteiger partial charge is 0.541 e. The molecule has 0 spiro atoms. The van der Waals surface area contributed by atoms with Gasteiger partial charge >= 0.3 is 11.9 Å². The number of hydrogen-bond donors (Lipinski definition) is 2. The molecule has 1 saturated heterocycles. The number of benzene rings is 2. The Labute approximate surface area is 328 Å². The Balaban J connectivity index is 1.71. The lowest BCUT2D eigenvalue weighted by atomic mass is 9.45. The Kier molecular flexibility index (Phi) is 10.4. The maximum Gasteiger partial charge on any atom is 0.338 e. The highest BCUT2D eigenvalue weighted by Gasteiger charge is 2.78. The number of aliphatic hydroxyl groups excluding tert-OH is 1. The van der Waals surface area contributed by atoms with E-state index >= 15 is 4.79 Å². The molecule has 2 saturated carbocycles. The van der Waals surface area contributed by atoms with Gasteiger partial charge in [0.15, 0.2) is 5.60 Å². The van der Waals surface area contributed by atoms with Gasteiger partial charge in [0.1, 0.15) is 23.6 Å². The monoisotopic (exact) mass is 792 g/mol. The summed E-state index contributed by atoms with van der Waals surface area (Å²) in [6.45, 7) is 23.1. The number of esters is 2. The molecule has 0 aromatic heterocycles. The molecular weight excluding hydrogens is 733 g/mol. The minimum absolute atomic E-state index is 0.0964. The molecule has 1 heterocycles. The van der Waals surface area contributed by atoms with Crippen LogP contribution in [0, 0.1) is 22.7 Å². The topological polar surface area (TPSA) is 138 Å². The first kappa shape index (κ1) is 41.5. The standard InChI is InChI=1S/C43H60O10Si2/c1-26-30(45)24-43(48)37(50-38(47)28-19-15-13-16-20-28)35-41(8,36(46)34(33(26)40(43,6)7)53-55(11,12)39(3,4)5)31(23-32-42(35,25-49-32)51-27(2)44)52-54(9,10)29-21-17-14-18-22-29/h13-22,26,30-32,35,37,45,48H,23-25H2,1-12H3/t26?,30-,31-,32+,35?,37-,41+,42-,43+/m0/s1. The molecule has 12 heteroatoms. The molecule has 2 aromatic carbocycles. The molecular formula is C43H60O10Si2. The summed E-state index contributed by atoms with van der Waals surface area (Å²) in [7, 11) is -5.61. The number of ketones is 1. The normalized spacial score (nSPS) is 34.6. The van der Waals surface area contributed by atoms with Crippen LogP contribution >= 0.6 is 0 Å². The fourth-order valence-electron chi connectivity index (χ4n) is 9.57. The fraction of sp³-hybridized carbons (Fsp3) is 0.605. The SMILES string of the molecule is CC(=O)O[C@@]12CO[C@@H]1C[C@H](O[Si](C)(C)c1ccccc1)[C@@]1(C)C(=O)C(O[Si](C)(C)C(C)(C)C)=C3C(C)[C@@H](O)C[C@@](O)([C@@H](OC(=O)c4ccccc4)C12)C3(C)C. The Morgan fingerprint density at radius 3 is 2.05 bits per heavy atom. The first-order valence-electron chi connectivity index (χ1n) is 19.5. The van der Waals surface area contributed by atoms with Crippen LogP contribution in [-0.2, 0) is 32.7 Å². The summed E-state index contributed by atoms with van der Waals surface area (Å²) in [6, 6.07) is 18.4. The minimum atomic E-state index is -2.81. The number of Topliss-reactive ketones (excluding diaryl/α,β-unsaturated/α-hetero) is 1. The van der Waals surface area contributed by atoms with E-state index in [2.05, 4.69) is 47.0 Å². The lowest BCUT2D eigenvalue weighted by molar-refractivity contribution is -0.343. The Hall–Kier alpha value is -3.14. The van der Waals surface area contributed by atoms with Crippen LogP contribution in [0.5, 0.6) is 0 Å². The smallest absolute Gasteiger partial charge is 0.338 e. The summed E-state index contributed by atoms with van der Waals surface area (Å²) in [6.07, 6.45) is -4.24. The number of carbonyl (C=O) groups excluding carboxylic acids is 3. The predicted octanol–water partition coefficient (Wildman–Crippen LogP) is 6.45.